The molecule has 9 aliphatic rings. The molecule has 0 spiro atoms. The average Bonchev–Trinajstić information content (AvgIpc) is 0.776. The van der Waals surface area contributed by atoms with Crippen molar-refractivity contribution in [2.24, 2.45) is 0 Å². The molecule has 9 fully saturated rings. The van der Waals surface area contributed by atoms with Crippen LogP contribution in [0.25, 0.3) is 0 Å². The van der Waals surface area contributed by atoms with Gasteiger partial charge >= 0.3 is 5.97 Å². The fourth-order valence-corrected chi connectivity index (χ4v) is 15.5. The number of carbonyl (C=O) groups is 4. The molecule has 50 atom stereocenters. The van der Waals surface area contributed by atoms with Crippen LogP contribution in [0, 0.1) is 0 Å². The fraction of sp³-hybridized carbons (Fsp3) is 0.942. The zero-order valence-corrected chi connectivity index (χ0v) is 66.5. The van der Waals surface area contributed by atoms with Crippen molar-refractivity contribution >= 4 is 23.7 Å². The molecular weight excluding hydrogens is 1670 g/mol. The molecule has 708 valence electrons. The Balaban J connectivity index is 1.15. The van der Waals surface area contributed by atoms with Gasteiger partial charge in [-0.3, -0.25) is 14.4 Å². The van der Waals surface area contributed by atoms with Gasteiger partial charge < -0.3 is 244 Å². The number of aliphatic hydroxyl groups excluding tert-OH is 27. The smallest absolute Gasteiger partial charge is 0.364 e. The van der Waals surface area contributed by atoms with E-state index < -0.39 is 383 Å². The number of nitrogens with one attached hydrogen (secondary N) is 3. The summed E-state index contributed by atoms with van der Waals surface area (Å²) in [5.74, 6) is -8.46. The van der Waals surface area contributed by atoms with Crippen LogP contribution >= 0.6 is 0 Å². The van der Waals surface area contributed by atoms with Crippen molar-refractivity contribution in [3.05, 3.63) is 0 Å². The zero-order chi connectivity index (χ0) is 90.6. The number of hydrogen-bond donors (Lipinski definition) is 31. The minimum Gasteiger partial charge on any atom is -0.477 e. The molecule has 0 aromatic rings. The Bertz CT molecular complexity index is 3290. The van der Waals surface area contributed by atoms with Crippen molar-refractivity contribution < 1.29 is 247 Å². The first kappa shape index (κ1) is 102. The predicted molar refractivity (Wildman–Crippen MR) is 378 cm³/mol. The number of amides is 3. The number of ether oxygens (including phenoxy) is 18. The number of carboxylic acid groups (broad SMARTS) is 1. The first-order valence-electron chi connectivity index (χ1n) is 39.1. The monoisotopic (exact) mass is 1790 g/mol. The third-order valence-electron chi connectivity index (χ3n) is 22.5. The van der Waals surface area contributed by atoms with Crippen LogP contribution in [0.5, 0.6) is 0 Å². The van der Waals surface area contributed by atoms with Crippen LogP contribution < -0.4 is 16.0 Å². The molecule has 0 unspecified atom stereocenters. The van der Waals surface area contributed by atoms with Gasteiger partial charge in [-0.1, -0.05) is 0 Å². The van der Waals surface area contributed by atoms with Crippen molar-refractivity contribution in [2.75, 3.05) is 46.2 Å². The maximum Gasteiger partial charge on any atom is 0.364 e. The summed E-state index contributed by atoms with van der Waals surface area (Å²) in [6.45, 7) is -1.59. The van der Waals surface area contributed by atoms with Crippen LogP contribution in [-0.2, 0) is 104 Å². The maximum atomic E-state index is 13.7. The standard InChI is InChI=1S/C69H117N3O50/c1-16-33(84)41(92)47(98)61(107-16)116-53-28(12-76)113-65(51(102)46(53)97)117-54-29(13-77)112-60(32(72-22(7)80)56(54)118-62-48(99)42(93)34(85)17(2)108-62)105-15-30-40(91)57(119-66-58(45(96)39(90)27(11-75)111-66)120-63-49(100)43(94)35(86)18(3)109-63)59(121-64-50(101)44(95)36(87)19(4)110-64)67(114-30)115-52(23(9-73)70-20(5)78)38(89)26(83)14-106-69(68(103)104)8-24(81)31(71-21(6)79)55(122-69)37(88)25(82)10-74/h16-19,23-67,73-77,81-102H,8-15H2,1-7H3,(H,70,78)(H,71,79)(H,72,80)(H,103,104)/t16-,17-,18-,19-,23+,24+,25-,26-,27-,28-,29-,30-,31-,32-,33+,34+,35+,36+,37-,38+,39+,40+,41+,42+,43+,44+,45+,46-,47-,48-,49-,50-,51-,52-,53+,54-,55-,56-,57+,58-,59-,60-,61-,62-,63-,64-,65+,66+,67+,69-/m1/s1. The van der Waals surface area contributed by atoms with E-state index in [2.05, 4.69) is 16.0 Å². The largest absolute Gasteiger partial charge is 0.477 e. The van der Waals surface area contributed by atoms with Gasteiger partial charge in [-0.25, -0.2) is 4.79 Å². The number of carboxylic acids is 1. The second kappa shape index (κ2) is 43.7. The summed E-state index contributed by atoms with van der Waals surface area (Å²) < 4.78 is 108. The second-order valence-corrected chi connectivity index (χ2v) is 31.4. The summed E-state index contributed by atoms with van der Waals surface area (Å²) in [5, 5.41) is 321. The predicted octanol–water partition coefficient (Wildman–Crippen LogP) is -19.4. The van der Waals surface area contributed by atoms with Gasteiger partial charge in [0.25, 0.3) is 5.79 Å². The fourth-order valence-electron chi connectivity index (χ4n) is 15.5. The van der Waals surface area contributed by atoms with E-state index in [1.807, 2.05) is 0 Å². The molecule has 53 nitrogen and oxygen atoms in total. The van der Waals surface area contributed by atoms with Gasteiger partial charge in [0.15, 0.2) is 50.3 Å². The van der Waals surface area contributed by atoms with Crippen LogP contribution in [0.3, 0.4) is 0 Å². The minimum atomic E-state index is -3.28. The molecule has 122 heavy (non-hydrogen) atoms. The lowest BCUT2D eigenvalue weighted by atomic mass is 9.88. The molecule has 53 heteroatoms. The highest BCUT2D eigenvalue weighted by Gasteiger charge is 2.62. The lowest BCUT2D eigenvalue weighted by Gasteiger charge is -2.52. The molecule has 9 heterocycles. The summed E-state index contributed by atoms with van der Waals surface area (Å²) in [6.07, 6.45) is -100. The summed E-state index contributed by atoms with van der Waals surface area (Å²) >= 11 is 0. The summed E-state index contributed by atoms with van der Waals surface area (Å²) in [4.78, 5) is 52.5. The van der Waals surface area contributed by atoms with Crippen LogP contribution in [0.2, 0.25) is 0 Å². The molecule has 9 aliphatic heterocycles. The molecular formula is C69H117N3O50. The molecule has 0 radical (unpaired) electrons. The molecule has 9 saturated heterocycles. The molecule has 3 amide bonds. The van der Waals surface area contributed by atoms with Crippen LogP contribution in [-0.4, -0.2) is 519 Å². The lowest BCUT2D eigenvalue weighted by Crippen LogP contribution is -2.70. The highest BCUT2D eigenvalue weighted by Crippen LogP contribution is 2.42. The first-order valence-corrected chi connectivity index (χ1v) is 39.1. The van der Waals surface area contributed by atoms with Gasteiger partial charge in [0.2, 0.25) is 17.7 Å². The summed E-state index contributed by atoms with van der Waals surface area (Å²) in [6, 6.07) is -5.97. The van der Waals surface area contributed by atoms with Crippen LogP contribution in [0.4, 0.5) is 0 Å². The first-order chi connectivity index (χ1) is 57.3. The topological polar surface area (TPSA) is 837 Å². The van der Waals surface area contributed by atoms with E-state index in [1.165, 1.54) is 20.8 Å². The molecule has 0 bridgehead atoms. The highest BCUT2D eigenvalue weighted by atomic mass is 16.8. The second-order valence-electron chi connectivity index (χ2n) is 31.4. The van der Waals surface area contributed by atoms with Crippen molar-refractivity contribution in [1.82, 2.24) is 16.0 Å². The van der Waals surface area contributed by atoms with Gasteiger partial charge in [-0.2, -0.15) is 0 Å². The molecule has 0 saturated carbocycles. The zero-order valence-electron chi connectivity index (χ0n) is 66.5. The molecule has 0 aromatic carbocycles. The van der Waals surface area contributed by atoms with Gasteiger partial charge in [0.05, 0.1) is 88.9 Å². The van der Waals surface area contributed by atoms with Gasteiger partial charge in [0, 0.05) is 27.2 Å². The van der Waals surface area contributed by atoms with E-state index in [-0.39, 0.29) is 0 Å². The maximum absolute atomic E-state index is 13.7. The number of hydrogen-bond acceptors (Lipinski definition) is 49. The quantitative estimate of drug-likeness (QED) is 0.0284. The molecule has 0 aliphatic carbocycles. The van der Waals surface area contributed by atoms with Crippen molar-refractivity contribution in [2.45, 2.75) is 361 Å². The Morgan fingerprint density at radius 1 is 0.393 bits per heavy atom. The summed E-state index contributed by atoms with van der Waals surface area (Å²) in [7, 11) is 0. The highest BCUT2D eigenvalue weighted by molar-refractivity contribution is 5.77. The van der Waals surface area contributed by atoms with Crippen molar-refractivity contribution in [3.63, 3.8) is 0 Å². The number of aliphatic hydroxyl groups is 27. The van der Waals surface area contributed by atoms with Gasteiger partial charge in [0.1, 0.15) is 207 Å². The minimum absolute atomic E-state index is 0.846. The van der Waals surface area contributed by atoms with E-state index >= 15 is 0 Å². The molecule has 31 N–H and O–H groups in total. The van der Waals surface area contributed by atoms with E-state index in [1.54, 1.807) is 0 Å². The Morgan fingerprint density at radius 2 is 0.795 bits per heavy atom. The Morgan fingerprint density at radius 3 is 1.25 bits per heavy atom. The van der Waals surface area contributed by atoms with E-state index in [4.69, 9.17) is 85.3 Å². The third-order valence-corrected chi connectivity index (χ3v) is 22.5. The Hall–Kier alpha value is -3.92. The number of aliphatic carboxylic acids is 1. The SMILES string of the molecule is CC(=O)N[C@H]1[C@H](OC[C@H]2O[C@@H](O[C@@H]([C@@H](O)[C@H](O)CO[C@]3(C(=O)O)C[C@H](O)[C@@H](NC(C)=O)[C@H]([C@H](O)[C@H](O)CO)O3)[C@H](CO)NC(C)=O)[C@H](O[C@H]3O[C@H](C)[C@H](O)[C@H](O)[C@H]3O)[C@@H](O[C@@H]3O[C@H](CO)[C@H](O)[C@H](O)[C@H]3O[C@H]3O[C@H](C)[C@H](O)[C@H](O)[C@H]3O)[C@H]2O)O[C@H](CO)[C@@H](O[C@@H]2O[C@H](CO)[C@H](O[C@H]3O[C@H](C)[C@H](O)[C@H](O)[C@H]3O)[C@H](O)[C@H]2O)[C@@H]1O[C@H]1O[C@H](C)[C@H](O)[C@H](O)[C@H]1O. The van der Waals surface area contributed by atoms with Crippen LogP contribution in [0.15, 0.2) is 0 Å². The molecule has 0 aromatic heterocycles. The van der Waals surface area contributed by atoms with Crippen LogP contribution in [0.1, 0.15) is 54.9 Å². The Kier molecular flexibility index (Phi) is 36.4. The lowest BCUT2D eigenvalue weighted by molar-refractivity contribution is -0.410. The molecule has 9 rings (SSSR count). The van der Waals surface area contributed by atoms with Crippen molar-refractivity contribution in [1.29, 1.82) is 0 Å². The van der Waals surface area contributed by atoms with Crippen molar-refractivity contribution in [3.8, 4) is 0 Å². The summed E-state index contributed by atoms with van der Waals surface area (Å²) in [5.41, 5.74) is 0. The number of carbonyl (C=O) groups excluding carboxylic acids is 3. The van der Waals surface area contributed by atoms with E-state index in [0.29, 0.717) is 0 Å². The normalized spacial score (nSPS) is 47.5. The Labute approximate surface area is 692 Å². The third kappa shape index (κ3) is 22.6. The van der Waals surface area contributed by atoms with E-state index in [9.17, 15) is 162 Å². The van der Waals surface area contributed by atoms with Gasteiger partial charge in [-0.15, -0.1) is 0 Å². The van der Waals surface area contributed by atoms with Gasteiger partial charge in [-0.05, 0) is 27.7 Å². The van der Waals surface area contributed by atoms with E-state index in [0.717, 1.165) is 27.7 Å². The number of rotatable bonds is 34. The average molecular weight is 1790 g/mol.